The summed E-state index contributed by atoms with van der Waals surface area (Å²) in [7, 11) is 1.92. The fourth-order valence-corrected chi connectivity index (χ4v) is 4.89. The fourth-order valence-electron chi connectivity index (χ4n) is 3.48. The van der Waals surface area contributed by atoms with Gasteiger partial charge in [-0.3, -0.25) is 9.36 Å². The average Bonchev–Trinajstić information content (AvgIpc) is 3.06. The minimum absolute atomic E-state index is 0.0262. The molecule has 6 heteroatoms. The lowest BCUT2D eigenvalue weighted by atomic mass is 10.1. The van der Waals surface area contributed by atoms with Gasteiger partial charge in [-0.05, 0) is 29.7 Å². The molecule has 2 heterocycles. The summed E-state index contributed by atoms with van der Waals surface area (Å²) >= 11 is 5.14. The van der Waals surface area contributed by atoms with Crippen molar-refractivity contribution in [1.82, 2.24) is 14.1 Å². The first-order chi connectivity index (χ1) is 14.1. The number of halogens is 1. The Balaban J connectivity index is 1.84. The highest BCUT2D eigenvalue weighted by molar-refractivity contribution is 9.10. The van der Waals surface area contributed by atoms with Crippen LogP contribution in [0.2, 0.25) is 0 Å². The van der Waals surface area contributed by atoms with Crippen LogP contribution in [-0.4, -0.2) is 14.1 Å². The van der Waals surface area contributed by atoms with Gasteiger partial charge in [0.2, 0.25) is 0 Å². The summed E-state index contributed by atoms with van der Waals surface area (Å²) in [6, 6.07) is 18.4. The van der Waals surface area contributed by atoms with Gasteiger partial charge in [-0.25, -0.2) is 4.98 Å². The highest BCUT2D eigenvalue weighted by atomic mass is 79.9. The maximum Gasteiger partial charge on any atom is 0.278 e. The second-order valence-corrected chi connectivity index (χ2v) is 8.84. The molecule has 0 aliphatic carbocycles. The second-order valence-electron chi connectivity index (χ2n) is 6.99. The molecule has 0 aliphatic rings. The third kappa shape index (κ3) is 4.05. The molecule has 0 bridgehead atoms. The molecule has 29 heavy (non-hydrogen) atoms. The number of aryl methyl sites for hydroxylation is 1. The van der Waals surface area contributed by atoms with Gasteiger partial charge < -0.3 is 4.57 Å². The molecule has 0 saturated heterocycles. The summed E-state index contributed by atoms with van der Waals surface area (Å²) in [6.45, 7) is 2.74. The number of fused-ring (bicyclic) bond motifs is 1. The van der Waals surface area contributed by atoms with Crippen LogP contribution in [0.15, 0.2) is 75.2 Å². The lowest BCUT2D eigenvalue weighted by Crippen LogP contribution is -2.24. The Labute approximate surface area is 182 Å². The van der Waals surface area contributed by atoms with Crippen molar-refractivity contribution in [3.63, 3.8) is 0 Å². The average molecular weight is 468 g/mol. The second kappa shape index (κ2) is 8.59. The zero-order valence-corrected chi connectivity index (χ0v) is 18.8. The van der Waals surface area contributed by atoms with Crippen LogP contribution in [0.4, 0.5) is 0 Å². The molecule has 0 spiro atoms. The standard InChI is InChI=1S/C23H22BrN3OS/c1-3-12-27-22(28)21-20(19(14-26(21)2)17-9-5-4-6-10-17)25-23(27)29-15-16-8-7-11-18(24)13-16/h4-11,13-14H,3,12,15H2,1-2H3. The number of hydrogen-bond acceptors (Lipinski definition) is 3. The van der Waals surface area contributed by atoms with Gasteiger partial charge >= 0.3 is 0 Å². The molecule has 0 fully saturated rings. The van der Waals surface area contributed by atoms with Gasteiger partial charge in [-0.1, -0.05) is 77.1 Å². The predicted octanol–water partition coefficient (Wildman–Crippen LogP) is 5.87. The van der Waals surface area contributed by atoms with Crippen LogP contribution in [0, 0.1) is 0 Å². The zero-order valence-electron chi connectivity index (χ0n) is 16.4. The van der Waals surface area contributed by atoms with Gasteiger partial charge in [0.1, 0.15) is 11.0 Å². The smallest absolute Gasteiger partial charge is 0.278 e. The van der Waals surface area contributed by atoms with Crippen LogP contribution >= 0.6 is 27.7 Å². The Hall–Kier alpha value is -2.31. The first kappa shape index (κ1) is 20.0. The summed E-state index contributed by atoms with van der Waals surface area (Å²) in [5, 5.41) is 0.771. The molecule has 0 radical (unpaired) electrons. The van der Waals surface area contributed by atoms with E-state index in [4.69, 9.17) is 4.98 Å². The minimum Gasteiger partial charge on any atom is -0.344 e. The number of hydrogen-bond donors (Lipinski definition) is 0. The molecule has 0 amide bonds. The molecule has 0 N–H and O–H groups in total. The van der Waals surface area contributed by atoms with Crippen molar-refractivity contribution in [1.29, 1.82) is 0 Å². The Kier molecular flexibility index (Phi) is 5.92. The molecule has 2 aromatic carbocycles. The molecule has 0 atom stereocenters. The van der Waals surface area contributed by atoms with Crippen molar-refractivity contribution in [3.8, 4) is 11.1 Å². The highest BCUT2D eigenvalue weighted by Crippen LogP contribution is 2.30. The summed E-state index contributed by atoms with van der Waals surface area (Å²) in [5.74, 6) is 0.759. The van der Waals surface area contributed by atoms with Crippen molar-refractivity contribution < 1.29 is 0 Å². The number of nitrogens with zero attached hydrogens (tertiary/aromatic N) is 3. The van der Waals surface area contributed by atoms with E-state index in [0.717, 1.165) is 38.4 Å². The minimum atomic E-state index is 0.0262. The molecule has 2 aromatic heterocycles. The third-order valence-corrected chi connectivity index (χ3v) is 6.37. The molecule has 4 aromatic rings. The van der Waals surface area contributed by atoms with Crippen LogP contribution < -0.4 is 5.56 Å². The first-order valence-electron chi connectivity index (χ1n) is 9.61. The highest BCUT2D eigenvalue weighted by Gasteiger charge is 2.18. The summed E-state index contributed by atoms with van der Waals surface area (Å²) in [6.07, 6.45) is 2.89. The van der Waals surface area contributed by atoms with Crippen molar-refractivity contribution in [2.24, 2.45) is 7.05 Å². The van der Waals surface area contributed by atoms with Crippen molar-refractivity contribution in [2.45, 2.75) is 30.8 Å². The largest absolute Gasteiger partial charge is 0.344 e. The number of aromatic nitrogens is 3. The molecule has 0 aliphatic heterocycles. The monoisotopic (exact) mass is 467 g/mol. The third-order valence-electron chi connectivity index (χ3n) is 4.83. The Bertz CT molecular complexity index is 1210. The SMILES string of the molecule is CCCn1c(SCc2cccc(Br)c2)nc2c(-c3ccccc3)cn(C)c2c1=O. The van der Waals surface area contributed by atoms with E-state index in [1.54, 1.807) is 11.8 Å². The number of rotatable bonds is 6. The van der Waals surface area contributed by atoms with E-state index in [9.17, 15) is 4.79 Å². The van der Waals surface area contributed by atoms with E-state index in [1.807, 2.05) is 52.7 Å². The maximum absolute atomic E-state index is 13.4. The van der Waals surface area contributed by atoms with Gasteiger partial charge in [0, 0.05) is 35.6 Å². The normalized spacial score (nSPS) is 11.3. The van der Waals surface area contributed by atoms with E-state index >= 15 is 0 Å². The Morgan fingerprint density at radius 2 is 1.90 bits per heavy atom. The molecule has 0 unspecified atom stereocenters. The summed E-state index contributed by atoms with van der Waals surface area (Å²) in [5.41, 5.74) is 4.71. The van der Waals surface area contributed by atoms with E-state index in [1.165, 1.54) is 5.56 Å². The summed E-state index contributed by atoms with van der Waals surface area (Å²) in [4.78, 5) is 18.3. The van der Waals surface area contributed by atoms with Crippen LogP contribution in [0.5, 0.6) is 0 Å². The predicted molar refractivity (Wildman–Crippen MR) is 124 cm³/mol. The fraction of sp³-hybridized carbons (Fsp3) is 0.217. The number of benzene rings is 2. The van der Waals surface area contributed by atoms with E-state index < -0.39 is 0 Å². The quantitative estimate of drug-likeness (QED) is 0.263. The molecule has 148 valence electrons. The molecular weight excluding hydrogens is 446 g/mol. The Morgan fingerprint density at radius 3 is 2.62 bits per heavy atom. The van der Waals surface area contributed by atoms with E-state index in [0.29, 0.717) is 12.1 Å². The first-order valence-corrected chi connectivity index (χ1v) is 11.4. The van der Waals surface area contributed by atoms with Crippen LogP contribution in [0.1, 0.15) is 18.9 Å². The topological polar surface area (TPSA) is 39.8 Å². The molecular formula is C23H22BrN3OS. The van der Waals surface area contributed by atoms with Gasteiger partial charge in [0.25, 0.3) is 5.56 Å². The molecule has 4 rings (SSSR count). The van der Waals surface area contributed by atoms with Crippen molar-refractivity contribution in [3.05, 3.63) is 81.2 Å². The van der Waals surface area contributed by atoms with Crippen LogP contribution in [0.25, 0.3) is 22.2 Å². The zero-order chi connectivity index (χ0) is 20.4. The molecule has 0 saturated carbocycles. The van der Waals surface area contributed by atoms with Crippen molar-refractivity contribution in [2.75, 3.05) is 0 Å². The van der Waals surface area contributed by atoms with E-state index in [2.05, 4.69) is 47.1 Å². The van der Waals surface area contributed by atoms with Gasteiger partial charge in [0.15, 0.2) is 5.16 Å². The van der Waals surface area contributed by atoms with Gasteiger partial charge in [0.05, 0.1) is 0 Å². The van der Waals surface area contributed by atoms with Crippen molar-refractivity contribution >= 4 is 38.7 Å². The van der Waals surface area contributed by atoms with E-state index in [-0.39, 0.29) is 5.56 Å². The maximum atomic E-state index is 13.4. The lowest BCUT2D eigenvalue weighted by Gasteiger charge is -2.12. The van der Waals surface area contributed by atoms with Gasteiger partial charge in [-0.2, -0.15) is 0 Å². The van der Waals surface area contributed by atoms with Gasteiger partial charge in [-0.15, -0.1) is 0 Å². The van der Waals surface area contributed by atoms with Crippen LogP contribution in [0.3, 0.4) is 0 Å². The summed E-state index contributed by atoms with van der Waals surface area (Å²) < 4.78 is 4.78. The molecule has 4 nitrogen and oxygen atoms in total. The van der Waals surface area contributed by atoms with Crippen LogP contribution in [-0.2, 0) is 19.3 Å². The Morgan fingerprint density at radius 1 is 1.10 bits per heavy atom. The lowest BCUT2D eigenvalue weighted by molar-refractivity contribution is 0.582. The number of thioether (sulfide) groups is 1.